The summed E-state index contributed by atoms with van der Waals surface area (Å²) in [6.07, 6.45) is 0.433. The van der Waals surface area contributed by atoms with E-state index in [4.69, 9.17) is 4.74 Å². The summed E-state index contributed by atoms with van der Waals surface area (Å²) in [5, 5.41) is 5.26. The normalized spacial score (nSPS) is 16.6. The highest BCUT2D eigenvalue weighted by Gasteiger charge is 2.30. The van der Waals surface area contributed by atoms with Crippen LogP contribution in [0.25, 0.3) is 0 Å². The van der Waals surface area contributed by atoms with Crippen LogP contribution in [0, 0.1) is 11.7 Å². The number of rotatable bonds is 7. The van der Waals surface area contributed by atoms with Gasteiger partial charge in [-0.1, -0.05) is 0 Å². The maximum atomic E-state index is 13.0. The molecule has 1 fully saturated rings. The number of ether oxygens (including phenoxy) is 1. The minimum atomic E-state index is -0.392. The molecule has 8 heteroatoms. The summed E-state index contributed by atoms with van der Waals surface area (Å²) in [5.74, 6) is -0.790. The minimum absolute atomic E-state index is 0.0200. The average Bonchev–Trinajstić information content (AvgIpc) is 2.95. The van der Waals surface area contributed by atoms with Crippen molar-refractivity contribution in [3.63, 3.8) is 0 Å². The summed E-state index contributed by atoms with van der Waals surface area (Å²) < 4.78 is 17.7. The summed E-state index contributed by atoms with van der Waals surface area (Å²) in [7, 11) is 0. The van der Waals surface area contributed by atoms with Crippen LogP contribution < -0.4 is 15.5 Å². The van der Waals surface area contributed by atoms with Gasteiger partial charge in [-0.15, -0.1) is 0 Å². The third kappa shape index (κ3) is 5.74. The van der Waals surface area contributed by atoms with Gasteiger partial charge in [0, 0.05) is 37.7 Å². The van der Waals surface area contributed by atoms with Crippen LogP contribution in [-0.2, 0) is 14.3 Å². The van der Waals surface area contributed by atoms with Gasteiger partial charge in [-0.25, -0.2) is 9.18 Å². The molecule has 1 aliphatic heterocycles. The highest BCUT2D eigenvalue weighted by molar-refractivity contribution is 5.95. The number of benzene rings is 1. The maximum absolute atomic E-state index is 13.0. The standard InChI is InChI=1S/C17H22FN3O4/c1-2-25-16(23)7-8-19-17(24)20-10-12-9-15(22)21(11-12)14-5-3-13(18)4-6-14/h3-6,12H,2,7-11H2,1H3,(H2,19,20,24)/t12-/m1/s1. The number of anilines is 1. The summed E-state index contributed by atoms with van der Waals surface area (Å²) in [4.78, 5) is 36.5. The van der Waals surface area contributed by atoms with E-state index < -0.39 is 6.03 Å². The second kappa shape index (κ2) is 9.00. The van der Waals surface area contributed by atoms with Gasteiger partial charge in [0.2, 0.25) is 5.91 Å². The third-order valence-corrected chi connectivity index (χ3v) is 3.81. The third-order valence-electron chi connectivity index (χ3n) is 3.81. The zero-order chi connectivity index (χ0) is 18.2. The van der Waals surface area contributed by atoms with Gasteiger partial charge in [-0.2, -0.15) is 0 Å². The fourth-order valence-electron chi connectivity index (χ4n) is 2.60. The summed E-state index contributed by atoms with van der Waals surface area (Å²) >= 11 is 0. The van der Waals surface area contributed by atoms with Gasteiger partial charge >= 0.3 is 12.0 Å². The Morgan fingerprint density at radius 3 is 2.68 bits per heavy atom. The van der Waals surface area contributed by atoms with Crippen molar-refractivity contribution in [2.24, 2.45) is 5.92 Å². The lowest BCUT2D eigenvalue weighted by molar-refractivity contribution is -0.142. The maximum Gasteiger partial charge on any atom is 0.314 e. The Balaban J connectivity index is 1.71. The molecular weight excluding hydrogens is 329 g/mol. The molecule has 0 spiro atoms. The topological polar surface area (TPSA) is 87.7 Å². The average molecular weight is 351 g/mol. The number of hydrogen-bond donors (Lipinski definition) is 2. The first-order chi connectivity index (χ1) is 12.0. The molecule has 1 aromatic rings. The zero-order valence-corrected chi connectivity index (χ0v) is 14.1. The summed E-state index contributed by atoms with van der Waals surface area (Å²) in [6, 6.07) is 5.35. The molecule has 0 bridgehead atoms. The molecule has 3 amide bonds. The van der Waals surface area contributed by atoms with Crippen molar-refractivity contribution in [1.82, 2.24) is 10.6 Å². The first-order valence-corrected chi connectivity index (χ1v) is 8.23. The van der Waals surface area contributed by atoms with E-state index in [1.54, 1.807) is 24.0 Å². The molecule has 1 aromatic carbocycles. The van der Waals surface area contributed by atoms with Gasteiger partial charge in [-0.3, -0.25) is 9.59 Å². The number of carbonyl (C=O) groups excluding carboxylic acids is 3. The van der Waals surface area contributed by atoms with E-state index in [9.17, 15) is 18.8 Å². The van der Waals surface area contributed by atoms with Gasteiger partial charge in [0.1, 0.15) is 5.82 Å². The molecule has 0 saturated carbocycles. The zero-order valence-electron chi connectivity index (χ0n) is 14.1. The SMILES string of the molecule is CCOC(=O)CCNC(=O)NC[C@H]1CC(=O)N(c2ccc(F)cc2)C1. The highest BCUT2D eigenvalue weighted by Crippen LogP contribution is 2.24. The molecule has 1 heterocycles. The Morgan fingerprint density at radius 2 is 2.00 bits per heavy atom. The van der Waals surface area contributed by atoms with Crippen LogP contribution in [0.2, 0.25) is 0 Å². The van der Waals surface area contributed by atoms with Crippen LogP contribution in [0.15, 0.2) is 24.3 Å². The smallest absolute Gasteiger partial charge is 0.314 e. The molecule has 0 unspecified atom stereocenters. The predicted octanol–water partition coefficient (Wildman–Crippen LogP) is 1.43. The quantitative estimate of drug-likeness (QED) is 0.728. The van der Waals surface area contributed by atoms with Crippen molar-refractivity contribution >= 4 is 23.6 Å². The number of hydrogen-bond acceptors (Lipinski definition) is 4. The molecule has 25 heavy (non-hydrogen) atoms. The number of nitrogens with one attached hydrogen (secondary N) is 2. The second-order valence-corrected chi connectivity index (χ2v) is 5.74. The molecule has 136 valence electrons. The van der Waals surface area contributed by atoms with Crippen LogP contribution in [0.1, 0.15) is 19.8 Å². The Morgan fingerprint density at radius 1 is 1.28 bits per heavy atom. The van der Waals surface area contributed by atoms with E-state index in [0.717, 1.165) is 0 Å². The van der Waals surface area contributed by atoms with Crippen molar-refractivity contribution in [3.8, 4) is 0 Å². The van der Waals surface area contributed by atoms with Gasteiger partial charge in [0.05, 0.1) is 13.0 Å². The Bertz CT molecular complexity index is 621. The predicted molar refractivity (Wildman–Crippen MR) is 89.5 cm³/mol. The largest absolute Gasteiger partial charge is 0.466 e. The number of urea groups is 1. The van der Waals surface area contributed by atoms with E-state index in [0.29, 0.717) is 31.8 Å². The number of nitrogens with zero attached hydrogens (tertiary/aromatic N) is 1. The molecule has 0 aromatic heterocycles. The molecule has 0 aliphatic carbocycles. The number of carbonyl (C=O) groups is 3. The van der Waals surface area contributed by atoms with Crippen LogP contribution in [-0.4, -0.2) is 44.1 Å². The van der Waals surface area contributed by atoms with E-state index in [1.165, 1.54) is 12.1 Å². The molecule has 7 nitrogen and oxygen atoms in total. The van der Waals surface area contributed by atoms with Crippen molar-refractivity contribution in [1.29, 1.82) is 0 Å². The number of amides is 3. The molecular formula is C17H22FN3O4. The lowest BCUT2D eigenvalue weighted by atomic mass is 10.1. The fourth-order valence-corrected chi connectivity index (χ4v) is 2.60. The highest BCUT2D eigenvalue weighted by atomic mass is 19.1. The molecule has 2 N–H and O–H groups in total. The Hall–Kier alpha value is -2.64. The van der Waals surface area contributed by atoms with Crippen molar-refractivity contribution in [2.45, 2.75) is 19.8 Å². The minimum Gasteiger partial charge on any atom is -0.466 e. The van der Waals surface area contributed by atoms with E-state index in [2.05, 4.69) is 10.6 Å². The van der Waals surface area contributed by atoms with Crippen molar-refractivity contribution in [3.05, 3.63) is 30.1 Å². The molecule has 0 radical (unpaired) electrons. The van der Waals surface area contributed by atoms with Crippen molar-refractivity contribution in [2.75, 3.05) is 31.1 Å². The van der Waals surface area contributed by atoms with Crippen LogP contribution in [0.3, 0.4) is 0 Å². The number of halogens is 1. The van der Waals surface area contributed by atoms with Crippen LogP contribution in [0.4, 0.5) is 14.9 Å². The van der Waals surface area contributed by atoms with Crippen LogP contribution >= 0.6 is 0 Å². The fraction of sp³-hybridized carbons (Fsp3) is 0.471. The van der Waals surface area contributed by atoms with E-state index >= 15 is 0 Å². The Labute approximate surface area is 145 Å². The first-order valence-electron chi connectivity index (χ1n) is 8.23. The number of esters is 1. The first kappa shape index (κ1) is 18.7. The van der Waals surface area contributed by atoms with E-state index in [1.807, 2.05) is 0 Å². The lowest BCUT2D eigenvalue weighted by Gasteiger charge is -2.17. The van der Waals surface area contributed by atoms with Gasteiger partial charge in [0.25, 0.3) is 0 Å². The molecule has 1 saturated heterocycles. The Kier molecular flexibility index (Phi) is 6.73. The van der Waals surface area contributed by atoms with Crippen molar-refractivity contribution < 1.29 is 23.5 Å². The monoisotopic (exact) mass is 351 g/mol. The molecule has 1 aliphatic rings. The molecule has 2 rings (SSSR count). The summed E-state index contributed by atoms with van der Waals surface area (Å²) in [6.45, 7) is 3.03. The van der Waals surface area contributed by atoms with E-state index in [-0.39, 0.29) is 36.6 Å². The molecule has 1 atom stereocenters. The van der Waals surface area contributed by atoms with Gasteiger partial charge in [-0.05, 0) is 31.2 Å². The lowest BCUT2D eigenvalue weighted by Crippen LogP contribution is -2.39. The van der Waals surface area contributed by atoms with Crippen LogP contribution in [0.5, 0.6) is 0 Å². The second-order valence-electron chi connectivity index (χ2n) is 5.74. The van der Waals surface area contributed by atoms with Gasteiger partial charge in [0.15, 0.2) is 0 Å². The summed E-state index contributed by atoms with van der Waals surface area (Å²) in [5.41, 5.74) is 0.646. The van der Waals surface area contributed by atoms with Gasteiger partial charge < -0.3 is 20.3 Å².